The van der Waals surface area contributed by atoms with Crippen LogP contribution in [0.1, 0.15) is 11.5 Å². The van der Waals surface area contributed by atoms with Crippen molar-refractivity contribution in [2.75, 3.05) is 6.54 Å². The summed E-state index contributed by atoms with van der Waals surface area (Å²) in [6.45, 7) is 1.53. The summed E-state index contributed by atoms with van der Waals surface area (Å²) in [6, 6.07) is 22.2. The number of nitriles is 1. The maximum Gasteiger partial charge on any atom is 0.209 e. The topological polar surface area (TPSA) is 53.1 Å². The fraction of sp³-hybridized carbons (Fsp3) is 0.158. The molecule has 2 aromatic carbocycles. The van der Waals surface area contributed by atoms with Crippen molar-refractivity contribution >= 4 is 0 Å². The van der Waals surface area contributed by atoms with Gasteiger partial charge in [-0.15, -0.1) is 0 Å². The van der Waals surface area contributed by atoms with Crippen LogP contribution >= 0.6 is 0 Å². The Kier molecular flexibility index (Phi) is 4.82. The Bertz CT molecular complexity index is 775. The number of nitrogens with zero attached hydrogens (tertiary/aromatic N) is 3. The molecule has 0 spiro atoms. The van der Waals surface area contributed by atoms with E-state index in [0.29, 0.717) is 25.5 Å². The molecule has 23 heavy (non-hydrogen) atoms. The average Bonchev–Trinajstić information content (AvgIpc) is 3.05. The van der Waals surface area contributed by atoms with E-state index >= 15 is 0 Å². The number of hydrogen-bond donors (Lipinski definition) is 0. The average molecular weight is 303 g/mol. The summed E-state index contributed by atoms with van der Waals surface area (Å²) in [5, 5.41) is 9.03. The molecule has 0 fully saturated rings. The van der Waals surface area contributed by atoms with Gasteiger partial charge in [0.15, 0.2) is 5.76 Å². The van der Waals surface area contributed by atoms with Crippen molar-refractivity contribution in [3.8, 4) is 17.4 Å². The third-order valence-electron chi connectivity index (χ3n) is 3.51. The van der Waals surface area contributed by atoms with Crippen LogP contribution in [-0.2, 0) is 13.1 Å². The van der Waals surface area contributed by atoms with Crippen molar-refractivity contribution in [1.82, 2.24) is 9.88 Å². The molecule has 4 heteroatoms. The smallest absolute Gasteiger partial charge is 0.209 e. The molecule has 3 aromatic rings. The van der Waals surface area contributed by atoms with Crippen molar-refractivity contribution < 1.29 is 4.42 Å². The highest BCUT2D eigenvalue weighted by Crippen LogP contribution is 2.20. The van der Waals surface area contributed by atoms with Gasteiger partial charge >= 0.3 is 0 Å². The van der Waals surface area contributed by atoms with Gasteiger partial charge in [0, 0.05) is 12.1 Å². The number of aromatic nitrogens is 1. The van der Waals surface area contributed by atoms with Gasteiger partial charge in [-0.25, -0.2) is 4.98 Å². The standard InChI is InChI=1S/C19H17N3O/c20-11-12-22(14-16-7-3-1-4-8-16)15-19-21-13-18(23-19)17-9-5-2-6-10-17/h1-10,13H,12,14-15H2. The minimum Gasteiger partial charge on any atom is -0.439 e. The third-order valence-corrected chi connectivity index (χ3v) is 3.51. The van der Waals surface area contributed by atoms with Crippen LogP contribution in [0.4, 0.5) is 0 Å². The van der Waals surface area contributed by atoms with Crippen molar-refractivity contribution in [2.45, 2.75) is 13.1 Å². The number of benzene rings is 2. The molecular weight excluding hydrogens is 286 g/mol. The SMILES string of the molecule is N#CCN(Cc1ccccc1)Cc1ncc(-c2ccccc2)o1. The molecule has 4 nitrogen and oxygen atoms in total. The molecule has 0 aliphatic carbocycles. The Morgan fingerprint density at radius 2 is 1.65 bits per heavy atom. The summed E-state index contributed by atoms with van der Waals surface area (Å²) >= 11 is 0. The highest BCUT2D eigenvalue weighted by Gasteiger charge is 2.12. The number of rotatable bonds is 6. The first kappa shape index (κ1) is 15.0. The van der Waals surface area contributed by atoms with Crippen LogP contribution in [-0.4, -0.2) is 16.4 Å². The van der Waals surface area contributed by atoms with Gasteiger partial charge in [0.2, 0.25) is 5.89 Å². The van der Waals surface area contributed by atoms with Crippen molar-refractivity contribution in [3.05, 3.63) is 78.3 Å². The van der Waals surface area contributed by atoms with E-state index in [9.17, 15) is 0 Å². The summed E-state index contributed by atoms with van der Waals surface area (Å²) < 4.78 is 5.82. The highest BCUT2D eigenvalue weighted by molar-refractivity contribution is 5.55. The quantitative estimate of drug-likeness (QED) is 0.649. The van der Waals surface area contributed by atoms with Gasteiger partial charge < -0.3 is 4.42 Å². The van der Waals surface area contributed by atoms with E-state index in [1.165, 1.54) is 0 Å². The molecule has 0 atom stereocenters. The van der Waals surface area contributed by atoms with Gasteiger partial charge in [-0.05, 0) is 5.56 Å². The van der Waals surface area contributed by atoms with E-state index in [-0.39, 0.29) is 0 Å². The molecular formula is C19H17N3O. The zero-order chi connectivity index (χ0) is 15.9. The number of oxazole rings is 1. The van der Waals surface area contributed by atoms with E-state index in [0.717, 1.165) is 16.9 Å². The summed E-state index contributed by atoms with van der Waals surface area (Å²) in [5.41, 5.74) is 2.17. The fourth-order valence-corrected chi connectivity index (χ4v) is 2.42. The van der Waals surface area contributed by atoms with Gasteiger partial charge in [-0.3, -0.25) is 4.90 Å². The first-order valence-electron chi connectivity index (χ1n) is 7.48. The van der Waals surface area contributed by atoms with Crippen LogP contribution in [0.15, 0.2) is 71.3 Å². The van der Waals surface area contributed by atoms with Crippen LogP contribution in [0.2, 0.25) is 0 Å². The Balaban J connectivity index is 1.71. The van der Waals surface area contributed by atoms with Crippen molar-refractivity contribution in [2.24, 2.45) is 0 Å². The molecule has 0 radical (unpaired) electrons. The molecule has 0 saturated heterocycles. The Labute approximate surface area is 135 Å². The van der Waals surface area contributed by atoms with Crippen LogP contribution < -0.4 is 0 Å². The molecule has 0 unspecified atom stereocenters. The molecule has 0 amide bonds. The van der Waals surface area contributed by atoms with E-state index in [2.05, 4.69) is 23.2 Å². The van der Waals surface area contributed by atoms with Gasteiger partial charge in [0.05, 0.1) is 25.4 Å². The van der Waals surface area contributed by atoms with E-state index in [4.69, 9.17) is 9.68 Å². The van der Waals surface area contributed by atoms with Crippen LogP contribution in [0.25, 0.3) is 11.3 Å². The maximum atomic E-state index is 9.03. The Morgan fingerprint density at radius 3 is 2.35 bits per heavy atom. The van der Waals surface area contributed by atoms with Gasteiger partial charge in [0.1, 0.15) is 0 Å². The van der Waals surface area contributed by atoms with Crippen LogP contribution in [0.5, 0.6) is 0 Å². The van der Waals surface area contributed by atoms with Crippen LogP contribution in [0.3, 0.4) is 0 Å². The zero-order valence-electron chi connectivity index (χ0n) is 12.7. The summed E-state index contributed by atoms with van der Waals surface area (Å²) in [4.78, 5) is 6.35. The monoisotopic (exact) mass is 303 g/mol. The second kappa shape index (κ2) is 7.39. The van der Waals surface area contributed by atoms with Gasteiger partial charge in [-0.1, -0.05) is 60.7 Å². The predicted octanol–water partition coefficient (Wildman–Crippen LogP) is 3.87. The molecule has 114 valence electrons. The van der Waals surface area contributed by atoms with Crippen molar-refractivity contribution in [3.63, 3.8) is 0 Å². The summed E-state index contributed by atoms with van der Waals surface area (Å²) in [6.07, 6.45) is 1.73. The van der Waals surface area contributed by atoms with Gasteiger partial charge in [-0.2, -0.15) is 5.26 Å². The number of hydrogen-bond acceptors (Lipinski definition) is 4. The lowest BCUT2D eigenvalue weighted by molar-refractivity contribution is 0.258. The molecule has 0 bridgehead atoms. The first-order chi connectivity index (χ1) is 11.3. The highest BCUT2D eigenvalue weighted by atomic mass is 16.4. The van der Waals surface area contributed by atoms with E-state index < -0.39 is 0 Å². The first-order valence-corrected chi connectivity index (χ1v) is 7.48. The molecule has 1 aromatic heterocycles. The molecule has 0 aliphatic heterocycles. The lowest BCUT2D eigenvalue weighted by atomic mass is 10.2. The normalized spacial score (nSPS) is 10.6. The van der Waals surface area contributed by atoms with Crippen molar-refractivity contribution in [1.29, 1.82) is 5.26 Å². The van der Waals surface area contributed by atoms with E-state index in [1.807, 2.05) is 53.4 Å². The lowest BCUT2D eigenvalue weighted by Crippen LogP contribution is -2.23. The Morgan fingerprint density at radius 1 is 0.957 bits per heavy atom. The second-order valence-electron chi connectivity index (χ2n) is 5.27. The lowest BCUT2D eigenvalue weighted by Gasteiger charge is -2.17. The zero-order valence-corrected chi connectivity index (χ0v) is 12.7. The summed E-state index contributed by atoms with van der Waals surface area (Å²) in [7, 11) is 0. The molecule has 0 aliphatic rings. The predicted molar refractivity (Wildman–Crippen MR) is 88.1 cm³/mol. The largest absolute Gasteiger partial charge is 0.439 e. The second-order valence-corrected chi connectivity index (χ2v) is 5.27. The minimum absolute atomic E-state index is 0.331. The molecule has 0 N–H and O–H groups in total. The minimum atomic E-state index is 0.331. The van der Waals surface area contributed by atoms with Crippen LogP contribution in [0, 0.1) is 11.3 Å². The Hall–Kier alpha value is -2.90. The third kappa shape index (κ3) is 4.06. The molecule has 1 heterocycles. The van der Waals surface area contributed by atoms with E-state index in [1.54, 1.807) is 6.20 Å². The molecule has 3 rings (SSSR count). The van der Waals surface area contributed by atoms with Gasteiger partial charge in [0.25, 0.3) is 0 Å². The maximum absolute atomic E-state index is 9.03. The summed E-state index contributed by atoms with van der Waals surface area (Å²) in [5.74, 6) is 1.37. The fourth-order valence-electron chi connectivity index (χ4n) is 2.42. The molecule has 0 saturated carbocycles.